The van der Waals surface area contributed by atoms with E-state index in [2.05, 4.69) is 10.6 Å². The van der Waals surface area contributed by atoms with Gasteiger partial charge >= 0.3 is 12.2 Å². The fourth-order valence-corrected chi connectivity index (χ4v) is 2.61. The molecule has 0 atom stereocenters. The highest BCUT2D eigenvalue weighted by atomic mass is 35.5. The molecule has 0 aliphatic heterocycles. The Morgan fingerprint density at radius 2 is 1.63 bits per heavy atom. The van der Waals surface area contributed by atoms with Crippen LogP contribution in [0.4, 0.5) is 29.3 Å². The number of alkyl halides is 3. The van der Waals surface area contributed by atoms with Crippen molar-refractivity contribution >= 4 is 29.0 Å². The van der Waals surface area contributed by atoms with E-state index in [0.29, 0.717) is 17.0 Å². The number of anilines is 2. The topological polar surface area (TPSA) is 74.1 Å². The van der Waals surface area contributed by atoms with Crippen molar-refractivity contribution in [1.82, 2.24) is 0 Å². The fraction of sp³-hybridized carbons (Fsp3) is 0.0476. The fourth-order valence-electron chi connectivity index (χ4n) is 2.45. The zero-order chi connectivity index (χ0) is 21.7. The quantitative estimate of drug-likeness (QED) is 0.484. The van der Waals surface area contributed by atoms with E-state index in [1.54, 1.807) is 24.3 Å². The SMILES string of the molecule is N#Cc1ccc(Oc2cc(NC(=O)Nc3cccc(C(F)(F)F)c3)ccc2Cl)cc1. The molecule has 5 nitrogen and oxygen atoms in total. The minimum Gasteiger partial charge on any atom is -0.456 e. The van der Waals surface area contributed by atoms with E-state index in [-0.39, 0.29) is 16.5 Å². The molecule has 0 saturated heterocycles. The van der Waals surface area contributed by atoms with Crippen molar-refractivity contribution in [1.29, 1.82) is 5.26 Å². The normalized spacial score (nSPS) is 10.8. The molecular weight excluding hydrogens is 419 g/mol. The van der Waals surface area contributed by atoms with E-state index in [1.165, 1.54) is 30.3 Å². The molecule has 30 heavy (non-hydrogen) atoms. The highest BCUT2D eigenvalue weighted by molar-refractivity contribution is 6.32. The number of carbonyl (C=O) groups excluding carboxylic acids is 1. The Hall–Kier alpha value is -3.70. The van der Waals surface area contributed by atoms with Crippen LogP contribution in [0.2, 0.25) is 5.02 Å². The number of hydrogen-bond donors (Lipinski definition) is 2. The van der Waals surface area contributed by atoms with Crippen molar-refractivity contribution in [3.05, 3.63) is 82.9 Å². The van der Waals surface area contributed by atoms with E-state index in [0.717, 1.165) is 12.1 Å². The van der Waals surface area contributed by atoms with Crippen LogP contribution in [-0.2, 0) is 6.18 Å². The van der Waals surface area contributed by atoms with Gasteiger partial charge in [0.2, 0.25) is 0 Å². The first-order valence-electron chi connectivity index (χ1n) is 8.47. The van der Waals surface area contributed by atoms with E-state index in [4.69, 9.17) is 21.6 Å². The van der Waals surface area contributed by atoms with Crippen molar-refractivity contribution < 1.29 is 22.7 Å². The minimum absolute atomic E-state index is 0.00894. The first-order valence-corrected chi connectivity index (χ1v) is 8.85. The van der Waals surface area contributed by atoms with Crippen LogP contribution >= 0.6 is 11.6 Å². The van der Waals surface area contributed by atoms with Gasteiger partial charge in [-0.2, -0.15) is 18.4 Å². The number of nitrogens with one attached hydrogen (secondary N) is 2. The summed E-state index contributed by atoms with van der Waals surface area (Å²) >= 11 is 6.12. The van der Waals surface area contributed by atoms with Gasteiger partial charge in [0.15, 0.2) is 0 Å². The summed E-state index contributed by atoms with van der Waals surface area (Å²) in [5.41, 5.74) is -0.0992. The predicted molar refractivity (Wildman–Crippen MR) is 107 cm³/mol. The zero-order valence-electron chi connectivity index (χ0n) is 15.1. The van der Waals surface area contributed by atoms with E-state index < -0.39 is 17.8 Å². The molecule has 0 spiro atoms. The molecule has 0 aliphatic rings. The van der Waals surface area contributed by atoms with Gasteiger partial charge in [0, 0.05) is 17.4 Å². The van der Waals surface area contributed by atoms with Crippen molar-refractivity contribution in [2.45, 2.75) is 6.18 Å². The molecule has 3 rings (SSSR count). The lowest BCUT2D eigenvalue weighted by molar-refractivity contribution is -0.137. The van der Waals surface area contributed by atoms with Gasteiger partial charge in [-0.25, -0.2) is 4.79 Å². The maximum absolute atomic E-state index is 12.8. The molecular formula is C21H13ClF3N3O2. The summed E-state index contributed by atoms with van der Waals surface area (Å²) in [6.45, 7) is 0. The number of nitrogens with zero attached hydrogens (tertiary/aromatic N) is 1. The number of ether oxygens (including phenoxy) is 1. The van der Waals surface area contributed by atoms with Crippen molar-refractivity contribution in [3.63, 3.8) is 0 Å². The molecule has 3 aromatic rings. The Morgan fingerprint density at radius 1 is 0.967 bits per heavy atom. The number of hydrogen-bond acceptors (Lipinski definition) is 3. The van der Waals surface area contributed by atoms with E-state index in [9.17, 15) is 18.0 Å². The average molecular weight is 432 g/mol. The van der Waals surface area contributed by atoms with Crippen LogP contribution in [0.5, 0.6) is 11.5 Å². The predicted octanol–water partition coefficient (Wildman–Crippen LogP) is 6.67. The summed E-state index contributed by atoms with van der Waals surface area (Å²) in [5, 5.41) is 14.0. The van der Waals surface area contributed by atoms with Gasteiger partial charge in [-0.1, -0.05) is 17.7 Å². The lowest BCUT2D eigenvalue weighted by Gasteiger charge is -2.12. The first-order chi connectivity index (χ1) is 14.2. The molecule has 9 heteroatoms. The number of halogens is 4. The molecule has 0 radical (unpaired) electrons. The highest BCUT2D eigenvalue weighted by Gasteiger charge is 2.30. The standard InChI is InChI=1S/C21H13ClF3N3O2/c22-18-9-6-16(11-19(18)30-17-7-4-13(12-26)5-8-17)28-20(29)27-15-3-1-2-14(10-15)21(23,24)25/h1-11H,(H2,27,28,29). The van der Waals surface area contributed by atoms with E-state index in [1.807, 2.05) is 6.07 Å². The molecule has 0 bridgehead atoms. The lowest BCUT2D eigenvalue weighted by atomic mass is 10.2. The largest absolute Gasteiger partial charge is 0.456 e. The Balaban J connectivity index is 1.70. The van der Waals surface area contributed by atoms with Crippen LogP contribution in [0.1, 0.15) is 11.1 Å². The minimum atomic E-state index is -4.51. The Kier molecular flexibility index (Phi) is 6.14. The zero-order valence-corrected chi connectivity index (χ0v) is 15.9. The van der Waals surface area contributed by atoms with Gasteiger partial charge in [-0.3, -0.25) is 0 Å². The van der Waals surface area contributed by atoms with Crippen LogP contribution in [0, 0.1) is 11.3 Å². The van der Waals surface area contributed by atoms with Gasteiger partial charge in [0.1, 0.15) is 11.5 Å². The summed E-state index contributed by atoms with van der Waals surface area (Å²) in [6.07, 6.45) is -4.51. The van der Waals surface area contributed by atoms with Crippen molar-refractivity contribution in [3.8, 4) is 17.6 Å². The van der Waals surface area contributed by atoms with Crippen LogP contribution in [0.3, 0.4) is 0 Å². The summed E-state index contributed by atoms with van der Waals surface area (Å²) in [5.74, 6) is 0.680. The highest BCUT2D eigenvalue weighted by Crippen LogP contribution is 2.33. The maximum Gasteiger partial charge on any atom is 0.416 e. The first kappa shape index (κ1) is 21.0. The second-order valence-corrected chi connectivity index (χ2v) is 6.45. The number of benzene rings is 3. The Morgan fingerprint density at radius 3 is 2.27 bits per heavy atom. The molecule has 0 aliphatic carbocycles. The van der Waals surface area contributed by atoms with Crippen LogP contribution in [0.15, 0.2) is 66.7 Å². The van der Waals surface area contributed by atoms with Crippen molar-refractivity contribution in [2.75, 3.05) is 10.6 Å². The maximum atomic E-state index is 12.8. The van der Waals surface area contributed by atoms with Gasteiger partial charge in [-0.15, -0.1) is 0 Å². The summed E-state index contributed by atoms with van der Waals surface area (Å²) in [7, 11) is 0. The molecule has 0 unspecified atom stereocenters. The summed E-state index contributed by atoms with van der Waals surface area (Å²) in [4.78, 5) is 12.2. The second-order valence-electron chi connectivity index (χ2n) is 6.04. The number of nitriles is 1. The van der Waals surface area contributed by atoms with Gasteiger partial charge < -0.3 is 15.4 Å². The van der Waals surface area contributed by atoms with Gasteiger partial charge in [0.05, 0.1) is 22.2 Å². The van der Waals surface area contributed by atoms with E-state index >= 15 is 0 Å². The summed E-state index contributed by atoms with van der Waals surface area (Å²) in [6, 6.07) is 16.4. The molecule has 0 saturated carbocycles. The van der Waals surface area contributed by atoms with Crippen LogP contribution in [0.25, 0.3) is 0 Å². The molecule has 2 N–H and O–H groups in total. The smallest absolute Gasteiger partial charge is 0.416 e. The third kappa shape index (κ3) is 5.43. The monoisotopic (exact) mass is 431 g/mol. The Labute approximate surface area is 174 Å². The van der Waals surface area contributed by atoms with Crippen LogP contribution in [-0.4, -0.2) is 6.03 Å². The summed E-state index contributed by atoms with van der Waals surface area (Å²) < 4.78 is 44.0. The molecule has 152 valence electrons. The van der Waals surface area contributed by atoms with Gasteiger partial charge in [-0.05, 0) is 54.6 Å². The van der Waals surface area contributed by atoms with Crippen molar-refractivity contribution in [2.24, 2.45) is 0 Å². The number of carbonyl (C=O) groups is 1. The molecule has 0 heterocycles. The lowest BCUT2D eigenvalue weighted by Crippen LogP contribution is -2.19. The Bertz CT molecular complexity index is 1110. The molecule has 3 aromatic carbocycles. The number of urea groups is 1. The molecule has 0 fully saturated rings. The van der Waals surface area contributed by atoms with Crippen LogP contribution < -0.4 is 15.4 Å². The average Bonchev–Trinajstić information content (AvgIpc) is 2.70. The number of amides is 2. The molecule has 0 aromatic heterocycles. The number of rotatable bonds is 4. The third-order valence-electron chi connectivity index (χ3n) is 3.85. The molecule has 2 amide bonds. The third-order valence-corrected chi connectivity index (χ3v) is 4.16. The second kappa shape index (κ2) is 8.76. The van der Waals surface area contributed by atoms with Gasteiger partial charge in [0.25, 0.3) is 0 Å².